The molecule has 0 bridgehead atoms. The minimum absolute atomic E-state index is 0.336. The standard InChI is InChI=1S/C29H26N2O3/c1-22(33-21-26-18-11-19-32-26)34-28(23-12-5-2-6-13-23)27-20-30-29(24-14-7-3-8-15-24)31(27)25-16-9-4-10-17-25/h2-20,22,28H,21H2,1H3. The smallest absolute Gasteiger partial charge is 0.156 e. The molecule has 2 unspecified atom stereocenters. The van der Waals surface area contributed by atoms with Gasteiger partial charge in [0.1, 0.15) is 24.3 Å². The number of aromatic nitrogens is 2. The molecule has 0 aliphatic rings. The summed E-state index contributed by atoms with van der Waals surface area (Å²) in [7, 11) is 0. The van der Waals surface area contributed by atoms with Crippen LogP contribution in [-0.4, -0.2) is 15.8 Å². The van der Waals surface area contributed by atoms with Gasteiger partial charge in [-0.25, -0.2) is 4.98 Å². The average Bonchev–Trinajstić information content (AvgIpc) is 3.58. The topological polar surface area (TPSA) is 49.4 Å². The Kier molecular flexibility index (Phi) is 6.66. The van der Waals surface area contributed by atoms with Gasteiger partial charge in [-0.2, -0.15) is 0 Å². The highest BCUT2D eigenvalue weighted by atomic mass is 16.7. The van der Waals surface area contributed by atoms with E-state index in [1.165, 1.54) is 0 Å². The van der Waals surface area contributed by atoms with Gasteiger partial charge in [-0.3, -0.25) is 4.57 Å². The molecule has 0 saturated carbocycles. The van der Waals surface area contributed by atoms with Gasteiger partial charge in [-0.05, 0) is 36.8 Å². The first-order chi connectivity index (χ1) is 16.8. The van der Waals surface area contributed by atoms with Crippen molar-refractivity contribution in [2.24, 2.45) is 0 Å². The van der Waals surface area contributed by atoms with E-state index in [0.717, 1.165) is 34.1 Å². The van der Waals surface area contributed by atoms with Gasteiger partial charge >= 0.3 is 0 Å². The van der Waals surface area contributed by atoms with Crippen LogP contribution in [-0.2, 0) is 16.1 Å². The minimum Gasteiger partial charge on any atom is -0.467 e. The second kappa shape index (κ2) is 10.3. The molecule has 0 aliphatic heterocycles. The summed E-state index contributed by atoms with van der Waals surface area (Å²) in [5.41, 5.74) is 3.99. The molecular formula is C29H26N2O3. The van der Waals surface area contributed by atoms with Crippen LogP contribution in [0.4, 0.5) is 0 Å². The Morgan fingerprint density at radius 1 is 0.824 bits per heavy atom. The zero-order chi connectivity index (χ0) is 23.2. The molecule has 5 nitrogen and oxygen atoms in total. The van der Waals surface area contributed by atoms with Crippen LogP contribution in [0, 0.1) is 0 Å². The molecule has 0 radical (unpaired) electrons. The van der Waals surface area contributed by atoms with Crippen molar-refractivity contribution in [3.8, 4) is 17.1 Å². The maximum Gasteiger partial charge on any atom is 0.156 e. The fraction of sp³-hybridized carbons (Fsp3) is 0.138. The predicted octanol–water partition coefficient (Wildman–Crippen LogP) is 6.80. The highest BCUT2D eigenvalue weighted by Crippen LogP contribution is 2.33. The van der Waals surface area contributed by atoms with Crippen LogP contribution in [0.3, 0.4) is 0 Å². The SMILES string of the molecule is CC(OCc1ccco1)OC(c1ccccc1)c1cnc(-c2ccccc2)n1-c1ccccc1. The Labute approximate surface area is 199 Å². The van der Waals surface area contributed by atoms with Gasteiger partial charge in [0, 0.05) is 11.3 Å². The molecular weight excluding hydrogens is 424 g/mol. The normalized spacial score (nSPS) is 13.0. The van der Waals surface area contributed by atoms with Crippen molar-refractivity contribution in [2.45, 2.75) is 25.9 Å². The molecule has 5 rings (SSSR count). The number of furan rings is 1. The summed E-state index contributed by atoms with van der Waals surface area (Å²) < 4.78 is 20.0. The number of hydrogen-bond donors (Lipinski definition) is 0. The van der Waals surface area contributed by atoms with Crippen LogP contribution < -0.4 is 0 Å². The average molecular weight is 451 g/mol. The second-order valence-electron chi connectivity index (χ2n) is 7.93. The molecule has 0 spiro atoms. The number of nitrogens with zero attached hydrogens (tertiary/aromatic N) is 2. The first-order valence-electron chi connectivity index (χ1n) is 11.3. The Morgan fingerprint density at radius 2 is 1.50 bits per heavy atom. The molecule has 2 atom stereocenters. The zero-order valence-electron chi connectivity index (χ0n) is 19.0. The monoisotopic (exact) mass is 450 g/mol. The third-order valence-corrected chi connectivity index (χ3v) is 5.57. The number of rotatable bonds is 9. The molecule has 0 amide bonds. The quantitative estimate of drug-likeness (QED) is 0.232. The molecule has 2 aromatic heterocycles. The minimum atomic E-state index is -0.477. The van der Waals surface area contributed by atoms with E-state index in [1.54, 1.807) is 6.26 Å². The lowest BCUT2D eigenvalue weighted by atomic mass is 10.1. The van der Waals surface area contributed by atoms with E-state index in [4.69, 9.17) is 18.9 Å². The summed E-state index contributed by atoms with van der Waals surface area (Å²) in [6.45, 7) is 2.24. The van der Waals surface area contributed by atoms with Crippen molar-refractivity contribution in [1.29, 1.82) is 0 Å². The van der Waals surface area contributed by atoms with Gasteiger partial charge in [0.05, 0.1) is 18.2 Å². The van der Waals surface area contributed by atoms with Gasteiger partial charge < -0.3 is 13.9 Å². The fourth-order valence-electron chi connectivity index (χ4n) is 3.96. The van der Waals surface area contributed by atoms with Gasteiger partial charge in [0.2, 0.25) is 0 Å². The molecule has 5 heteroatoms. The number of para-hydroxylation sites is 1. The highest BCUT2D eigenvalue weighted by molar-refractivity contribution is 5.60. The van der Waals surface area contributed by atoms with Crippen LogP contribution >= 0.6 is 0 Å². The lowest BCUT2D eigenvalue weighted by molar-refractivity contribution is -0.162. The molecule has 170 valence electrons. The molecule has 3 aromatic carbocycles. The van der Waals surface area contributed by atoms with Crippen LogP contribution in [0.5, 0.6) is 0 Å². The molecule has 5 aromatic rings. The van der Waals surface area contributed by atoms with Crippen LogP contribution in [0.1, 0.15) is 30.0 Å². The van der Waals surface area contributed by atoms with E-state index in [-0.39, 0.29) is 0 Å². The number of hydrogen-bond acceptors (Lipinski definition) is 4. The fourth-order valence-corrected chi connectivity index (χ4v) is 3.96. The molecule has 2 heterocycles. The van der Waals surface area contributed by atoms with Gasteiger partial charge in [0.25, 0.3) is 0 Å². The summed E-state index contributed by atoms with van der Waals surface area (Å²) in [6, 6.07) is 34.3. The van der Waals surface area contributed by atoms with E-state index in [0.29, 0.717) is 6.61 Å². The Balaban J connectivity index is 1.55. The molecule has 0 aliphatic carbocycles. The first kappa shape index (κ1) is 21.9. The molecule has 0 fully saturated rings. The largest absolute Gasteiger partial charge is 0.467 e. The van der Waals surface area contributed by atoms with Crippen LogP contribution in [0.25, 0.3) is 17.1 Å². The van der Waals surface area contributed by atoms with Crippen LogP contribution in [0.2, 0.25) is 0 Å². The first-order valence-corrected chi connectivity index (χ1v) is 11.3. The lowest BCUT2D eigenvalue weighted by Crippen LogP contribution is -2.20. The third-order valence-electron chi connectivity index (χ3n) is 5.57. The van der Waals surface area contributed by atoms with Crippen molar-refractivity contribution >= 4 is 0 Å². The predicted molar refractivity (Wildman–Crippen MR) is 131 cm³/mol. The van der Waals surface area contributed by atoms with Crippen molar-refractivity contribution < 1.29 is 13.9 Å². The lowest BCUT2D eigenvalue weighted by Gasteiger charge is -2.24. The van der Waals surface area contributed by atoms with E-state index in [1.807, 2.05) is 79.9 Å². The molecule has 0 N–H and O–H groups in total. The highest BCUT2D eigenvalue weighted by Gasteiger charge is 2.25. The maximum atomic E-state index is 6.51. The van der Waals surface area contributed by atoms with Crippen molar-refractivity contribution in [2.75, 3.05) is 0 Å². The maximum absolute atomic E-state index is 6.51. The summed E-state index contributed by atoms with van der Waals surface area (Å²) in [6.07, 6.45) is 2.67. The van der Waals surface area contributed by atoms with Gasteiger partial charge in [0.15, 0.2) is 6.29 Å². The number of imidazole rings is 1. The van der Waals surface area contributed by atoms with Crippen molar-refractivity contribution in [3.05, 3.63) is 133 Å². The summed E-state index contributed by atoms with van der Waals surface area (Å²) in [5, 5.41) is 0. The number of ether oxygens (including phenoxy) is 2. The van der Waals surface area contributed by atoms with Crippen LogP contribution in [0.15, 0.2) is 120 Å². The number of benzene rings is 3. The van der Waals surface area contributed by atoms with E-state index in [2.05, 4.69) is 41.0 Å². The molecule has 0 saturated heterocycles. The van der Waals surface area contributed by atoms with E-state index >= 15 is 0 Å². The summed E-state index contributed by atoms with van der Waals surface area (Å²) >= 11 is 0. The van der Waals surface area contributed by atoms with Crippen molar-refractivity contribution in [1.82, 2.24) is 9.55 Å². The zero-order valence-corrected chi connectivity index (χ0v) is 19.0. The van der Waals surface area contributed by atoms with E-state index in [9.17, 15) is 0 Å². The summed E-state index contributed by atoms with van der Waals surface area (Å²) in [4.78, 5) is 4.83. The van der Waals surface area contributed by atoms with Gasteiger partial charge in [-0.15, -0.1) is 0 Å². The second-order valence-corrected chi connectivity index (χ2v) is 7.93. The third kappa shape index (κ3) is 4.86. The molecule has 34 heavy (non-hydrogen) atoms. The Hall–Kier alpha value is -3.93. The van der Waals surface area contributed by atoms with Gasteiger partial charge in [-0.1, -0.05) is 78.9 Å². The Morgan fingerprint density at radius 3 is 2.18 bits per heavy atom. The van der Waals surface area contributed by atoms with Crippen molar-refractivity contribution in [3.63, 3.8) is 0 Å². The Bertz CT molecular complexity index is 1280. The summed E-state index contributed by atoms with van der Waals surface area (Å²) in [5.74, 6) is 1.61. The van der Waals surface area contributed by atoms with E-state index < -0.39 is 12.4 Å².